The molecule has 0 saturated heterocycles. The molecule has 1 aromatic heterocycles. The lowest BCUT2D eigenvalue weighted by Gasteiger charge is -2.18. The van der Waals surface area contributed by atoms with Crippen molar-refractivity contribution in [3.63, 3.8) is 0 Å². The molecule has 1 atom stereocenters. The van der Waals surface area contributed by atoms with Crippen molar-refractivity contribution in [2.24, 2.45) is 0 Å². The van der Waals surface area contributed by atoms with Crippen molar-refractivity contribution < 1.29 is 19.4 Å². The molecule has 2 N–H and O–H groups in total. The van der Waals surface area contributed by atoms with E-state index in [-0.39, 0.29) is 22.9 Å². The molecule has 3 rings (SSSR count). The number of halogens is 1. The maximum atomic E-state index is 12.6. The van der Waals surface area contributed by atoms with Gasteiger partial charge in [-0.05, 0) is 22.8 Å². The van der Waals surface area contributed by atoms with Crippen LogP contribution in [0.1, 0.15) is 28.4 Å². The second-order valence-corrected chi connectivity index (χ2v) is 6.73. The summed E-state index contributed by atoms with van der Waals surface area (Å²) in [5.41, 5.74) is 2.96. The highest BCUT2D eigenvalue weighted by molar-refractivity contribution is 6.32. The molecule has 0 saturated carbocycles. The molecule has 0 spiro atoms. The summed E-state index contributed by atoms with van der Waals surface area (Å²) in [4.78, 5) is 27.9. The van der Waals surface area contributed by atoms with Gasteiger partial charge in [0, 0.05) is 6.20 Å². The molecule has 0 aliphatic rings. The number of hydrogen-bond acceptors (Lipinski definition) is 4. The van der Waals surface area contributed by atoms with E-state index in [0.29, 0.717) is 5.56 Å². The Kier molecular flexibility index (Phi) is 6.46. The minimum atomic E-state index is -1.02. The number of carboxylic acids is 1. The van der Waals surface area contributed by atoms with Crippen LogP contribution >= 0.6 is 11.6 Å². The van der Waals surface area contributed by atoms with Crippen LogP contribution in [0.5, 0.6) is 5.88 Å². The molecule has 0 radical (unpaired) electrons. The van der Waals surface area contributed by atoms with E-state index >= 15 is 0 Å². The molecule has 0 fully saturated rings. The Hall–Kier alpha value is -3.38. The van der Waals surface area contributed by atoms with E-state index in [2.05, 4.69) is 10.3 Å². The van der Waals surface area contributed by atoms with Gasteiger partial charge >= 0.3 is 5.97 Å². The number of aliphatic carboxylic acids is 1. The third kappa shape index (κ3) is 5.12. The normalized spacial score (nSPS) is 11.5. The lowest BCUT2D eigenvalue weighted by molar-refractivity contribution is -0.137. The van der Waals surface area contributed by atoms with Gasteiger partial charge in [0.05, 0.1) is 25.1 Å². The van der Waals surface area contributed by atoms with Crippen LogP contribution < -0.4 is 10.1 Å². The number of pyridine rings is 1. The van der Waals surface area contributed by atoms with Crippen molar-refractivity contribution in [3.8, 4) is 17.0 Å². The molecule has 7 heteroatoms. The third-order valence-electron chi connectivity index (χ3n) is 4.37. The molecule has 29 heavy (non-hydrogen) atoms. The van der Waals surface area contributed by atoms with Crippen molar-refractivity contribution in [3.05, 3.63) is 83.0 Å². The van der Waals surface area contributed by atoms with Gasteiger partial charge in [-0.1, -0.05) is 66.2 Å². The first-order chi connectivity index (χ1) is 14.0. The zero-order valence-corrected chi connectivity index (χ0v) is 16.4. The SMILES string of the molecule is COc1ncc(C(=O)NC(CC(=O)O)c2ccc(-c3ccccc3)cc2)cc1Cl. The maximum Gasteiger partial charge on any atom is 0.305 e. The number of carboxylic acid groups (broad SMARTS) is 1. The molecule has 0 bridgehead atoms. The van der Waals surface area contributed by atoms with Gasteiger partial charge in [0.15, 0.2) is 0 Å². The molecule has 0 aliphatic heterocycles. The lowest BCUT2D eigenvalue weighted by Crippen LogP contribution is -2.30. The largest absolute Gasteiger partial charge is 0.481 e. The fraction of sp³-hybridized carbons (Fsp3) is 0.136. The second kappa shape index (κ2) is 9.21. The highest BCUT2D eigenvalue weighted by Gasteiger charge is 2.20. The number of hydrogen-bond donors (Lipinski definition) is 2. The molecular formula is C22H19ClN2O4. The van der Waals surface area contributed by atoms with Crippen molar-refractivity contribution in [2.45, 2.75) is 12.5 Å². The standard InChI is InChI=1S/C22H19ClN2O4/c1-29-22-18(23)11-17(13-24-22)21(28)25-19(12-20(26)27)16-9-7-15(8-10-16)14-5-3-2-4-6-14/h2-11,13,19H,12H2,1H3,(H,25,28)(H,26,27). The maximum absolute atomic E-state index is 12.6. The summed E-state index contributed by atoms with van der Waals surface area (Å²) in [5.74, 6) is -1.28. The van der Waals surface area contributed by atoms with Crippen LogP contribution in [0.25, 0.3) is 11.1 Å². The second-order valence-electron chi connectivity index (χ2n) is 6.33. The van der Waals surface area contributed by atoms with E-state index in [9.17, 15) is 14.7 Å². The molecule has 0 aliphatic carbocycles. The average molecular weight is 411 g/mol. The molecule has 1 amide bonds. The lowest BCUT2D eigenvalue weighted by atomic mass is 9.99. The van der Waals surface area contributed by atoms with E-state index in [4.69, 9.17) is 16.3 Å². The fourth-order valence-electron chi connectivity index (χ4n) is 2.91. The van der Waals surface area contributed by atoms with Crippen molar-refractivity contribution in [2.75, 3.05) is 7.11 Å². The molecule has 148 valence electrons. The van der Waals surface area contributed by atoms with E-state index in [1.807, 2.05) is 54.6 Å². The van der Waals surface area contributed by atoms with Gasteiger partial charge in [0.25, 0.3) is 5.91 Å². The predicted molar refractivity (Wildman–Crippen MR) is 110 cm³/mol. The topological polar surface area (TPSA) is 88.5 Å². The highest BCUT2D eigenvalue weighted by Crippen LogP contribution is 2.25. The number of nitrogens with one attached hydrogen (secondary N) is 1. The summed E-state index contributed by atoms with van der Waals surface area (Å²) in [6.07, 6.45) is 1.07. The van der Waals surface area contributed by atoms with Crippen LogP contribution in [0.2, 0.25) is 5.02 Å². The Labute approximate surface area is 173 Å². The first-order valence-corrected chi connectivity index (χ1v) is 9.23. The van der Waals surface area contributed by atoms with Gasteiger partial charge in [0.1, 0.15) is 5.02 Å². The average Bonchev–Trinajstić information content (AvgIpc) is 2.73. The highest BCUT2D eigenvalue weighted by atomic mass is 35.5. The number of benzene rings is 2. The summed E-state index contributed by atoms with van der Waals surface area (Å²) in [5, 5.41) is 12.2. The van der Waals surface area contributed by atoms with Crippen LogP contribution in [0, 0.1) is 0 Å². The Balaban J connectivity index is 1.81. The first kappa shape index (κ1) is 20.4. The Morgan fingerprint density at radius 2 is 1.76 bits per heavy atom. The van der Waals surface area contributed by atoms with E-state index in [1.165, 1.54) is 19.4 Å². The van der Waals surface area contributed by atoms with Gasteiger partial charge in [-0.15, -0.1) is 0 Å². The first-order valence-electron chi connectivity index (χ1n) is 8.85. The molecule has 3 aromatic rings. The van der Waals surface area contributed by atoms with Gasteiger partial charge in [-0.25, -0.2) is 4.98 Å². The van der Waals surface area contributed by atoms with E-state index in [1.54, 1.807) is 0 Å². The molecule has 2 aromatic carbocycles. The van der Waals surface area contributed by atoms with Crippen LogP contribution in [0.4, 0.5) is 0 Å². The summed E-state index contributed by atoms with van der Waals surface area (Å²) in [6, 6.07) is 18.0. The molecular weight excluding hydrogens is 392 g/mol. The number of ether oxygens (including phenoxy) is 1. The summed E-state index contributed by atoms with van der Waals surface area (Å²) >= 11 is 6.03. The number of amides is 1. The molecule has 1 heterocycles. The predicted octanol–water partition coefficient (Wildman–Crippen LogP) is 4.36. The molecule has 6 nitrogen and oxygen atoms in total. The summed E-state index contributed by atoms with van der Waals surface area (Å²) in [7, 11) is 1.43. The van der Waals surface area contributed by atoms with Crippen molar-refractivity contribution in [1.29, 1.82) is 0 Å². The van der Waals surface area contributed by atoms with E-state index < -0.39 is 17.9 Å². The number of nitrogens with zero attached hydrogens (tertiary/aromatic N) is 1. The molecule has 1 unspecified atom stereocenters. The summed E-state index contributed by atoms with van der Waals surface area (Å²) < 4.78 is 4.98. The van der Waals surface area contributed by atoms with Gasteiger partial charge in [-0.2, -0.15) is 0 Å². The summed E-state index contributed by atoms with van der Waals surface area (Å²) in [6.45, 7) is 0. The van der Waals surface area contributed by atoms with Crippen molar-refractivity contribution in [1.82, 2.24) is 10.3 Å². The minimum Gasteiger partial charge on any atom is -0.481 e. The smallest absolute Gasteiger partial charge is 0.305 e. The van der Waals surface area contributed by atoms with Crippen LogP contribution in [-0.4, -0.2) is 29.1 Å². The van der Waals surface area contributed by atoms with E-state index in [0.717, 1.165) is 11.1 Å². The zero-order chi connectivity index (χ0) is 20.8. The van der Waals surface area contributed by atoms with Crippen molar-refractivity contribution >= 4 is 23.5 Å². The number of methoxy groups -OCH3 is 1. The van der Waals surface area contributed by atoms with Crippen LogP contribution in [0.3, 0.4) is 0 Å². The fourth-order valence-corrected chi connectivity index (χ4v) is 3.15. The number of carbonyl (C=O) groups is 2. The Morgan fingerprint density at radius 1 is 1.10 bits per heavy atom. The number of rotatable bonds is 7. The Morgan fingerprint density at radius 3 is 2.34 bits per heavy atom. The quantitative estimate of drug-likeness (QED) is 0.604. The van der Waals surface area contributed by atoms with Gasteiger partial charge in [0.2, 0.25) is 5.88 Å². The minimum absolute atomic E-state index is 0.196. The number of aromatic nitrogens is 1. The van der Waals surface area contributed by atoms with Gasteiger partial charge < -0.3 is 15.2 Å². The monoisotopic (exact) mass is 410 g/mol. The zero-order valence-electron chi connectivity index (χ0n) is 15.6. The Bertz CT molecular complexity index is 1010. The van der Waals surface area contributed by atoms with Crippen LogP contribution in [-0.2, 0) is 4.79 Å². The third-order valence-corrected chi connectivity index (χ3v) is 4.64. The van der Waals surface area contributed by atoms with Crippen LogP contribution in [0.15, 0.2) is 66.9 Å². The van der Waals surface area contributed by atoms with Gasteiger partial charge in [-0.3, -0.25) is 9.59 Å². The number of carbonyl (C=O) groups excluding carboxylic acids is 1.